The molecule has 0 fully saturated rings. The second kappa shape index (κ2) is 6.76. The number of benzene rings is 2. The van der Waals surface area contributed by atoms with Crippen molar-refractivity contribution < 1.29 is 9.53 Å². The molecule has 110 valence electrons. The van der Waals surface area contributed by atoms with Gasteiger partial charge in [0, 0.05) is 15.7 Å². The van der Waals surface area contributed by atoms with Gasteiger partial charge in [0.15, 0.2) is 0 Å². The van der Waals surface area contributed by atoms with Crippen molar-refractivity contribution in [3.8, 4) is 5.75 Å². The molecule has 1 amide bonds. The van der Waals surface area contributed by atoms with Crippen molar-refractivity contribution in [2.45, 2.75) is 26.9 Å². The van der Waals surface area contributed by atoms with Crippen LogP contribution in [0.5, 0.6) is 5.75 Å². The van der Waals surface area contributed by atoms with E-state index in [0.717, 1.165) is 15.7 Å². The predicted octanol–water partition coefficient (Wildman–Crippen LogP) is 4.80. The molecule has 3 nitrogen and oxygen atoms in total. The van der Waals surface area contributed by atoms with Crippen molar-refractivity contribution >= 4 is 27.5 Å². The van der Waals surface area contributed by atoms with Crippen molar-refractivity contribution in [2.75, 3.05) is 5.32 Å². The number of aryl methyl sites for hydroxylation is 1. The Kier molecular flexibility index (Phi) is 5.02. The molecular formula is C17H18BrNO2. The lowest BCUT2D eigenvalue weighted by molar-refractivity contribution is 0.102. The number of halogens is 1. The van der Waals surface area contributed by atoms with E-state index in [0.29, 0.717) is 11.3 Å². The normalized spacial score (nSPS) is 10.5. The summed E-state index contributed by atoms with van der Waals surface area (Å²) >= 11 is 3.46. The van der Waals surface area contributed by atoms with Crippen LogP contribution >= 0.6 is 15.9 Å². The molecule has 0 saturated carbocycles. The van der Waals surface area contributed by atoms with Crippen LogP contribution < -0.4 is 10.1 Å². The van der Waals surface area contributed by atoms with Gasteiger partial charge in [0.2, 0.25) is 0 Å². The summed E-state index contributed by atoms with van der Waals surface area (Å²) in [6.45, 7) is 5.91. The summed E-state index contributed by atoms with van der Waals surface area (Å²) in [5.74, 6) is 0.544. The molecule has 0 radical (unpaired) electrons. The highest BCUT2D eigenvalue weighted by Crippen LogP contribution is 2.22. The maximum absolute atomic E-state index is 12.3. The van der Waals surface area contributed by atoms with Crippen LogP contribution in [0.2, 0.25) is 0 Å². The van der Waals surface area contributed by atoms with Crippen LogP contribution in [-0.2, 0) is 0 Å². The zero-order valence-electron chi connectivity index (χ0n) is 12.3. The summed E-state index contributed by atoms with van der Waals surface area (Å²) in [5.41, 5.74) is 2.46. The molecule has 0 aliphatic carbocycles. The molecule has 0 bridgehead atoms. The lowest BCUT2D eigenvalue weighted by Gasteiger charge is -2.11. The molecule has 0 unspecified atom stereocenters. The van der Waals surface area contributed by atoms with Crippen molar-refractivity contribution in [1.82, 2.24) is 0 Å². The third-order valence-corrected chi connectivity index (χ3v) is 3.75. The molecule has 21 heavy (non-hydrogen) atoms. The molecule has 0 heterocycles. The number of amides is 1. The molecule has 0 spiro atoms. The molecule has 0 atom stereocenters. The predicted molar refractivity (Wildman–Crippen MR) is 89.0 cm³/mol. The van der Waals surface area contributed by atoms with E-state index in [1.807, 2.05) is 51.1 Å². The standard InChI is InChI=1S/C17H18BrNO2/c1-11(2)21-15-6-4-5-13(9-15)17(20)19-14-8-7-12(3)16(18)10-14/h4-11H,1-3H3,(H,19,20). The number of hydrogen-bond acceptors (Lipinski definition) is 2. The first-order valence-electron chi connectivity index (χ1n) is 6.80. The molecule has 0 aliphatic heterocycles. The average Bonchev–Trinajstić information content (AvgIpc) is 2.42. The molecule has 2 aromatic carbocycles. The van der Waals surface area contributed by atoms with E-state index in [4.69, 9.17) is 4.74 Å². The highest BCUT2D eigenvalue weighted by Gasteiger charge is 2.08. The van der Waals surface area contributed by atoms with Gasteiger partial charge >= 0.3 is 0 Å². The van der Waals surface area contributed by atoms with Crippen molar-refractivity contribution in [1.29, 1.82) is 0 Å². The Hall–Kier alpha value is -1.81. The fraction of sp³-hybridized carbons (Fsp3) is 0.235. The fourth-order valence-corrected chi connectivity index (χ4v) is 2.24. The van der Waals surface area contributed by atoms with Gasteiger partial charge in [0.1, 0.15) is 5.75 Å². The summed E-state index contributed by atoms with van der Waals surface area (Å²) < 4.78 is 6.57. The van der Waals surface area contributed by atoms with Gasteiger partial charge in [-0.2, -0.15) is 0 Å². The first-order chi connectivity index (χ1) is 9.95. The lowest BCUT2D eigenvalue weighted by atomic mass is 10.2. The van der Waals surface area contributed by atoms with E-state index in [-0.39, 0.29) is 12.0 Å². The van der Waals surface area contributed by atoms with Gasteiger partial charge in [-0.25, -0.2) is 0 Å². The van der Waals surface area contributed by atoms with Crippen molar-refractivity contribution in [3.63, 3.8) is 0 Å². The smallest absolute Gasteiger partial charge is 0.255 e. The molecule has 2 aromatic rings. The Morgan fingerprint density at radius 2 is 1.95 bits per heavy atom. The topological polar surface area (TPSA) is 38.3 Å². The Labute approximate surface area is 133 Å². The molecule has 1 N–H and O–H groups in total. The van der Waals surface area contributed by atoms with E-state index in [1.165, 1.54) is 0 Å². The van der Waals surface area contributed by atoms with Crippen LogP contribution in [0.25, 0.3) is 0 Å². The lowest BCUT2D eigenvalue weighted by Crippen LogP contribution is -2.12. The van der Waals surface area contributed by atoms with E-state index in [1.54, 1.807) is 12.1 Å². The maximum atomic E-state index is 12.3. The van der Waals surface area contributed by atoms with E-state index in [2.05, 4.69) is 21.2 Å². The first-order valence-corrected chi connectivity index (χ1v) is 7.59. The maximum Gasteiger partial charge on any atom is 0.255 e. The Morgan fingerprint density at radius 3 is 2.62 bits per heavy atom. The van der Waals surface area contributed by atoms with Gasteiger partial charge in [0.25, 0.3) is 5.91 Å². The Bertz CT molecular complexity index is 653. The highest BCUT2D eigenvalue weighted by molar-refractivity contribution is 9.10. The van der Waals surface area contributed by atoms with E-state index in [9.17, 15) is 4.79 Å². The van der Waals surface area contributed by atoms with Gasteiger partial charge in [-0.1, -0.05) is 28.1 Å². The quantitative estimate of drug-likeness (QED) is 0.862. The van der Waals surface area contributed by atoms with Crippen LogP contribution in [0.1, 0.15) is 29.8 Å². The van der Waals surface area contributed by atoms with Crippen molar-refractivity contribution in [3.05, 3.63) is 58.1 Å². The number of rotatable bonds is 4. The second-order valence-corrected chi connectivity index (χ2v) is 5.97. The Morgan fingerprint density at radius 1 is 1.19 bits per heavy atom. The molecule has 0 aliphatic rings. The average molecular weight is 348 g/mol. The summed E-state index contributed by atoms with van der Waals surface area (Å²) in [7, 11) is 0. The molecular weight excluding hydrogens is 330 g/mol. The van der Waals surface area contributed by atoms with Gasteiger partial charge in [0.05, 0.1) is 6.10 Å². The van der Waals surface area contributed by atoms with Gasteiger partial charge in [-0.15, -0.1) is 0 Å². The zero-order valence-corrected chi connectivity index (χ0v) is 13.9. The van der Waals surface area contributed by atoms with Gasteiger partial charge in [-0.05, 0) is 56.7 Å². The number of hydrogen-bond donors (Lipinski definition) is 1. The van der Waals surface area contributed by atoms with Gasteiger partial charge in [-0.3, -0.25) is 4.79 Å². The third-order valence-electron chi connectivity index (χ3n) is 2.90. The van der Waals surface area contributed by atoms with Crippen LogP contribution in [0, 0.1) is 6.92 Å². The SMILES string of the molecule is Cc1ccc(NC(=O)c2cccc(OC(C)C)c2)cc1Br. The summed E-state index contributed by atoms with van der Waals surface area (Å²) in [5, 5.41) is 2.88. The first kappa shape index (κ1) is 15.6. The second-order valence-electron chi connectivity index (χ2n) is 5.11. The highest BCUT2D eigenvalue weighted by atomic mass is 79.9. The monoisotopic (exact) mass is 347 g/mol. The minimum atomic E-state index is -0.153. The van der Waals surface area contributed by atoms with Crippen LogP contribution in [-0.4, -0.2) is 12.0 Å². The van der Waals surface area contributed by atoms with Crippen molar-refractivity contribution in [2.24, 2.45) is 0 Å². The number of carbonyl (C=O) groups excluding carboxylic acids is 1. The molecule has 0 aromatic heterocycles. The number of anilines is 1. The van der Waals surface area contributed by atoms with Gasteiger partial charge < -0.3 is 10.1 Å². The third kappa shape index (κ3) is 4.33. The minimum Gasteiger partial charge on any atom is -0.491 e. The van der Waals surface area contributed by atoms with Crippen LogP contribution in [0.3, 0.4) is 0 Å². The fourth-order valence-electron chi connectivity index (χ4n) is 1.86. The largest absolute Gasteiger partial charge is 0.491 e. The number of nitrogens with one attached hydrogen (secondary N) is 1. The molecule has 4 heteroatoms. The summed E-state index contributed by atoms with van der Waals surface area (Å²) in [6, 6.07) is 12.9. The van der Waals surface area contributed by atoms with Crippen LogP contribution in [0.4, 0.5) is 5.69 Å². The summed E-state index contributed by atoms with van der Waals surface area (Å²) in [4.78, 5) is 12.3. The van der Waals surface area contributed by atoms with E-state index >= 15 is 0 Å². The zero-order chi connectivity index (χ0) is 15.4. The molecule has 0 saturated heterocycles. The van der Waals surface area contributed by atoms with Crippen LogP contribution in [0.15, 0.2) is 46.9 Å². The summed E-state index contributed by atoms with van der Waals surface area (Å²) in [6.07, 6.45) is 0.0800. The van der Waals surface area contributed by atoms with E-state index < -0.39 is 0 Å². The Balaban J connectivity index is 2.14. The molecule has 2 rings (SSSR count). The number of carbonyl (C=O) groups is 1. The number of ether oxygens (including phenoxy) is 1. The minimum absolute atomic E-state index is 0.0800.